The first kappa shape index (κ1) is 14.1. The van der Waals surface area contributed by atoms with E-state index in [-0.39, 0.29) is 16.4 Å². The second-order valence-corrected chi connectivity index (χ2v) is 4.46. The molecule has 0 fully saturated rings. The normalized spacial score (nSPS) is 10.2. The Hall–Kier alpha value is -2.34. The number of anilines is 3. The van der Waals surface area contributed by atoms with Crippen LogP contribution in [0.2, 0.25) is 5.02 Å². The van der Waals surface area contributed by atoms with E-state index in [1.165, 1.54) is 30.3 Å². The van der Waals surface area contributed by atoms with Crippen LogP contribution in [0, 0.1) is 15.9 Å². The van der Waals surface area contributed by atoms with Gasteiger partial charge in [0.05, 0.1) is 10.6 Å². The van der Waals surface area contributed by atoms with Crippen molar-refractivity contribution in [2.24, 2.45) is 0 Å². The van der Waals surface area contributed by atoms with Crippen LogP contribution in [0.1, 0.15) is 0 Å². The maximum atomic E-state index is 13.7. The summed E-state index contributed by atoms with van der Waals surface area (Å²) in [5, 5.41) is 16.7. The molecule has 0 saturated heterocycles. The molecule has 2 aromatic carbocycles. The molecule has 0 radical (unpaired) electrons. The van der Waals surface area contributed by atoms with Crippen molar-refractivity contribution in [3.05, 3.63) is 57.4 Å². The maximum Gasteiger partial charge on any atom is 0.273 e. The van der Waals surface area contributed by atoms with Gasteiger partial charge in [0.15, 0.2) is 0 Å². The minimum Gasteiger partial charge on any atom is -0.388 e. The van der Waals surface area contributed by atoms with Crippen LogP contribution in [-0.4, -0.2) is 12.0 Å². The second kappa shape index (κ2) is 5.75. The van der Waals surface area contributed by atoms with E-state index in [0.29, 0.717) is 11.4 Å². The van der Waals surface area contributed by atoms with E-state index in [9.17, 15) is 14.5 Å². The van der Waals surface area contributed by atoms with Gasteiger partial charge < -0.3 is 10.6 Å². The summed E-state index contributed by atoms with van der Waals surface area (Å²) in [6.45, 7) is 0. The van der Waals surface area contributed by atoms with E-state index < -0.39 is 10.7 Å². The third kappa shape index (κ3) is 3.16. The molecule has 7 heteroatoms. The molecule has 0 spiro atoms. The smallest absolute Gasteiger partial charge is 0.273 e. The quantitative estimate of drug-likeness (QED) is 0.656. The van der Waals surface area contributed by atoms with Gasteiger partial charge in [0, 0.05) is 35.6 Å². The van der Waals surface area contributed by atoms with Crippen molar-refractivity contribution < 1.29 is 9.31 Å². The zero-order valence-corrected chi connectivity index (χ0v) is 11.2. The first-order chi connectivity index (χ1) is 9.49. The van der Waals surface area contributed by atoms with E-state index in [4.69, 9.17) is 11.6 Å². The van der Waals surface area contributed by atoms with E-state index in [2.05, 4.69) is 10.6 Å². The van der Waals surface area contributed by atoms with Gasteiger partial charge in [0.25, 0.3) is 5.69 Å². The van der Waals surface area contributed by atoms with Crippen LogP contribution in [0.15, 0.2) is 36.4 Å². The SMILES string of the molecule is CNc1cc(Nc2ccc(Cl)cc2F)cc([N+](=O)[O-])c1. The average Bonchev–Trinajstić information content (AvgIpc) is 2.41. The number of hydrogen-bond acceptors (Lipinski definition) is 4. The summed E-state index contributed by atoms with van der Waals surface area (Å²) < 4.78 is 13.7. The summed E-state index contributed by atoms with van der Waals surface area (Å²) in [4.78, 5) is 10.3. The number of benzene rings is 2. The number of non-ortho nitro benzene ring substituents is 1. The first-order valence-corrected chi connectivity index (χ1v) is 6.06. The lowest BCUT2D eigenvalue weighted by atomic mass is 10.2. The Morgan fingerprint density at radius 2 is 1.90 bits per heavy atom. The highest BCUT2D eigenvalue weighted by molar-refractivity contribution is 6.30. The van der Waals surface area contributed by atoms with Crippen LogP contribution in [0.5, 0.6) is 0 Å². The van der Waals surface area contributed by atoms with Crippen molar-refractivity contribution in [2.75, 3.05) is 17.7 Å². The first-order valence-electron chi connectivity index (χ1n) is 5.69. The molecule has 0 heterocycles. The molecule has 0 aliphatic carbocycles. The molecule has 0 aromatic heterocycles. The van der Waals surface area contributed by atoms with Crippen LogP contribution in [0.25, 0.3) is 0 Å². The Morgan fingerprint density at radius 3 is 2.50 bits per heavy atom. The highest BCUT2D eigenvalue weighted by atomic mass is 35.5. The number of nitrogens with one attached hydrogen (secondary N) is 2. The molecule has 0 aliphatic rings. The van der Waals surface area contributed by atoms with Gasteiger partial charge in [-0.15, -0.1) is 0 Å². The zero-order valence-electron chi connectivity index (χ0n) is 10.5. The Kier molecular flexibility index (Phi) is 4.05. The standard InChI is InChI=1S/C13H11ClFN3O2/c1-16-9-5-10(7-11(6-9)18(19)20)17-13-3-2-8(14)4-12(13)15/h2-7,16-17H,1H3. The molecule has 2 rings (SSSR count). The molecule has 0 unspecified atom stereocenters. The summed E-state index contributed by atoms with van der Waals surface area (Å²) in [6, 6.07) is 8.53. The molecule has 104 valence electrons. The Bertz CT molecular complexity index is 664. The Morgan fingerprint density at radius 1 is 1.20 bits per heavy atom. The molecule has 2 aromatic rings. The lowest BCUT2D eigenvalue weighted by molar-refractivity contribution is -0.384. The van der Waals surface area contributed by atoms with Crippen molar-refractivity contribution >= 4 is 34.4 Å². The Balaban J connectivity index is 2.37. The van der Waals surface area contributed by atoms with Crippen LogP contribution < -0.4 is 10.6 Å². The molecule has 0 amide bonds. The van der Waals surface area contributed by atoms with Crippen molar-refractivity contribution in [3.63, 3.8) is 0 Å². The highest BCUT2D eigenvalue weighted by Gasteiger charge is 2.11. The topological polar surface area (TPSA) is 67.2 Å². The molecule has 20 heavy (non-hydrogen) atoms. The van der Waals surface area contributed by atoms with Crippen LogP contribution >= 0.6 is 11.6 Å². The Labute approximate surface area is 119 Å². The summed E-state index contributed by atoms with van der Waals surface area (Å²) >= 11 is 5.67. The molecule has 5 nitrogen and oxygen atoms in total. The van der Waals surface area contributed by atoms with Crippen molar-refractivity contribution in [2.45, 2.75) is 0 Å². The number of rotatable bonds is 4. The van der Waals surface area contributed by atoms with Crippen LogP contribution in [0.4, 0.5) is 27.1 Å². The van der Waals surface area contributed by atoms with Crippen LogP contribution in [-0.2, 0) is 0 Å². The van der Waals surface area contributed by atoms with E-state index >= 15 is 0 Å². The molecular formula is C13H11ClFN3O2. The van der Waals surface area contributed by atoms with Gasteiger partial charge in [-0.25, -0.2) is 4.39 Å². The van der Waals surface area contributed by atoms with Gasteiger partial charge in [-0.1, -0.05) is 11.6 Å². The summed E-state index contributed by atoms with van der Waals surface area (Å²) in [5.41, 5.74) is 1.06. The number of hydrogen-bond donors (Lipinski definition) is 2. The molecule has 0 atom stereocenters. The van der Waals surface area contributed by atoms with Crippen molar-refractivity contribution in [1.29, 1.82) is 0 Å². The number of nitrogens with zero attached hydrogens (tertiary/aromatic N) is 1. The van der Waals surface area contributed by atoms with Gasteiger partial charge in [-0.05, 0) is 24.3 Å². The molecule has 2 N–H and O–H groups in total. The number of nitro groups is 1. The van der Waals surface area contributed by atoms with Gasteiger partial charge in [0.2, 0.25) is 0 Å². The van der Waals surface area contributed by atoms with Crippen LogP contribution in [0.3, 0.4) is 0 Å². The zero-order chi connectivity index (χ0) is 14.7. The van der Waals surface area contributed by atoms with E-state index in [0.717, 1.165) is 0 Å². The fraction of sp³-hybridized carbons (Fsp3) is 0.0769. The van der Waals surface area contributed by atoms with Gasteiger partial charge >= 0.3 is 0 Å². The van der Waals surface area contributed by atoms with E-state index in [1.54, 1.807) is 13.1 Å². The monoisotopic (exact) mass is 295 g/mol. The predicted octanol–water partition coefficient (Wildman–Crippen LogP) is 4.17. The lowest BCUT2D eigenvalue weighted by Gasteiger charge is -2.09. The average molecular weight is 296 g/mol. The third-order valence-electron chi connectivity index (χ3n) is 2.63. The maximum absolute atomic E-state index is 13.7. The highest BCUT2D eigenvalue weighted by Crippen LogP contribution is 2.28. The second-order valence-electron chi connectivity index (χ2n) is 4.02. The van der Waals surface area contributed by atoms with Gasteiger partial charge in [-0.2, -0.15) is 0 Å². The predicted molar refractivity (Wildman–Crippen MR) is 77.3 cm³/mol. The fourth-order valence-corrected chi connectivity index (χ4v) is 1.84. The fourth-order valence-electron chi connectivity index (χ4n) is 1.68. The minimum absolute atomic E-state index is 0.0891. The van der Waals surface area contributed by atoms with Crippen molar-refractivity contribution in [1.82, 2.24) is 0 Å². The van der Waals surface area contributed by atoms with E-state index in [1.807, 2.05) is 0 Å². The molecule has 0 aliphatic heterocycles. The van der Waals surface area contributed by atoms with Gasteiger partial charge in [0.1, 0.15) is 5.82 Å². The third-order valence-corrected chi connectivity index (χ3v) is 2.86. The lowest BCUT2D eigenvalue weighted by Crippen LogP contribution is -1.98. The molecular weight excluding hydrogens is 285 g/mol. The molecule has 0 bridgehead atoms. The summed E-state index contributed by atoms with van der Waals surface area (Å²) in [6.07, 6.45) is 0. The summed E-state index contributed by atoms with van der Waals surface area (Å²) in [7, 11) is 1.64. The number of halogens is 2. The largest absolute Gasteiger partial charge is 0.388 e. The van der Waals surface area contributed by atoms with Gasteiger partial charge in [-0.3, -0.25) is 10.1 Å². The summed E-state index contributed by atoms with van der Waals surface area (Å²) in [5.74, 6) is -0.532. The molecule has 0 saturated carbocycles. The van der Waals surface area contributed by atoms with Crippen molar-refractivity contribution in [3.8, 4) is 0 Å². The minimum atomic E-state index is -0.532. The number of nitro benzene ring substituents is 1.